The Balaban J connectivity index is 2.05. The van der Waals surface area contributed by atoms with Gasteiger partial charge in [-0.05, 0) is 49.8 Å². The minimum atomic E-state index is -0.445. The fourth-order valence-corrected chi connectivity index (χ4v) is 2.48. The van der Waals surface area contributed by atoms with Gasteiger partial charge in [-0.2, -0.15) is 5.10 Å². The number of amides is 1. The van der Waals surface area contributed by atoms with Gasteiger partial charge in [0.25, 0.3) is 0 Å². The van der Waals surface area contributed by atoms with Gasteiger partial charge in [-0.15, -0.1) is 0 Å². The van der Waals surface area contributed by atoms with Crippen LogP contribution < -0.4 is 0 Å². The average molecular weight is 349 g/mol. The van der Waals surface area contributed by atoms with E-state index < -0.39 is 5.60 Å². The lowest BCUT2D eigenvalue weighted by Crippen LogP contribution is -2.39. The van der Waals surface area contributed by atoms with Crippen LogP contribution >= 0.6 is 22.6 Å². The molecule has 0 radical (unpaired) electrons. The second-order valence-electron chi connectivity index (χ2n) is 5.12. The third-order valence-corrected chi connectivity index (χ3v) is 3.43. The van der Waals surface area contributed by atoms with Crippen LogP contribution in [0.3, 0.4) is 0 Å². The number of aromatic nitrogens is 2. The quantitative estimate of drug-likeness (QED) is 0.732. The largest absolute Gasteiger partial charge is 0.444 e. The predicted octanol–water partition coefficient (Wildman–Crippen LogP) is 2.31. The van der Waals surface area contributed by atoms with E-state index in [0.717, 1.165) is 15.8 Å². The Hall–Kier alpha value is -0.790. The fourth-order valence-electron chi connectivity index (χ4n) is 1.76. The lowest BCUT2D eigenvalue weighted by atomic mass is 10.1. The molecule has 2 heterocycles. The summed E-state index contributed by atoms with van der Waals surface area (Å²) >= 11 is 2.21. The van der Waals surface area contributed by atoms with Gasteiger partial charge in [-0.1, -0.05) is 0 Å². The van der Waals surface area contributed by atoms with Crippen LogP contribution in [0.25, 0.3) is 0 Å². The van der Waals surface area contributed by atoms with E-state index in [-0.39, 0.29) is 6.09 Å². The van der Waals surface area contributed by atoms with Crippen molar-refractivity contribution in [3.63, 3.8) is 0 Å². The maximum atomic E-state index is 11.9. The Morgan fingerprint density at radius 1 is 1.53 bits per heavy atom. The Morgan fingerprint density at radius 2 is 2.24 bits per heavy atom. The van der Waals surface area contributed by atoms with Gasteiger partial charge in [0.2, 0.25) is 0 Å². The van der Waals surface area contributed by atoms with Crippen LogP contribution in [0.1, 0.15) is 32.0 Å². The maximum absolute atomic E-state index is 11.9. The molecule has 0 spiro atoms. The van der Waals surface area contributed by atoms with Crippen molar-refractivity contribution in [2.24, 2.45) is 0 Å². The average Bonchev–Trinajstić information content (AvgIpc) is 2.57. The SMILES string of the molecule is CC(C)(C)OC(=O)N1CCc2c(I)n[nH]c2C1. The molecule has 17 heavy (non-hydrogen) atoms. The molecule has 94 valence electrons. The molecule has 1 aromatic rings. The normalized spacial score (nSPS) is 15.6. The third kappa shape index (κ3) is 2.91. The minimum Gasteiger partial charge on any atom is -0.444 e. The van der Waals surface area contributed by atoms with Crippen LogP contribution in [0.4, 0.5) is 4.79 Å². The van der Waals surface area contributed by atoms with Gasteiger partial charge in [0.15, 0.2) is 0 Å². The van der Waals surface area contributed by atoms with Crippen LogP contribution in [-0.2, 0) is 17.7 Å². The number of carbonyl (C=O) groups is 1. The molecule has 5 nitrogen and oxygen atoms in total. The number of fused-ring (bicyclic) bond motifs is 1. The highest BCUT2D eigenvalue weighted by Gasteiger charge is 2.27. The van der Waals surface area contributed by atoms with Crippen molar-refractivity contribution in [1.82, 2.24) is 15.1 Å². The first-order valence-electron chi connectivity index (χ1n) is 5.56. The van der Waals surface area contributed by atoms with Gasteiger partial charge in [-0.25, -0.2) is 4.79 Å². The first kappa shape index (κ1) is 12.7. The molecule has 1 amide bonds. The first-order chi connectivity index (χ1) is 7.87. The first-order valence-corrected chi connectivity index (χ1v) is 6.64. The van der Waals surface area contributed by atoms with Crippen molar-refractivity contribution in [1.29, 1.82) is 0 Å². The summed E-state index contributed by atoms with van der Waals surface area (Å²) in [6.07, 6.45) is 0.580. The molecule has 0 saturated heterocycles. The number of aromatic amines is 1. The summed E-state index contributed by atoms with van der Waals surface area (Å²) in [7, 11) is 0. The van der Waals surface area contributed by atoms with Gasteiger partial charge < -0.3 is 9.64 Å². The maximum Gasteiger partial charge on any atom is 0.410 e. The van der Waals surface area contributed by atoms with E-state index in [9.17, 15) is 4.79 Å². The van der Waals surface area contributed by atoms with Gasteiger partial charge in [0.1, 0.15) is 9.30 Å². The number of halogens is 1. The zero-order chi connectivity index (χ0) is 12.6. The molecular weight excluding hydrogens is 333 g/mol. The predicted molar refractivity (Wildman–Crippen MR) is 71.7 cm³/mol. The van der Waals surface area contributed by atoms with E-state index in [1.807, 2.05) is 20.8 Å². The van der Waals surface area contributed by atoms with E-state index >= 15 is 0 Å². The van der Waals surface area contributed by atoms with Crippen LogP contribution in [0.5, 0.6) is 0 Å². The zero-order valence-corrected chi connectivity index (χ0v) is 12.4. The second-order valence-corrected chi connectivity index (χ2v) is 6.15. The lowest BCUT2D eigenvalue weighted by molar-refractivity contribution is 0.0221. The highest BCUT2D eigenvalue weighted by atomic mass is 127. The van der Waals surface area contributed by atoms with Crippen molar-refractivity contribution in [2.75, 3.05) is 6.54 Å². The van der Waals surface area contributed by atoms with Crippen molar-refractivity contribution < 1.29 is 9.53 Å². The molecule has 0 unspecified atom stereocenters. The highest BCUT2D eigenvalue weighted by molar-refractivity contribution is 14.1. The van der Waals surface area contributed by atoms with Crippen LogP contribution in [0.15, 0.2) is 0 Å². The van der Waals surface area contributed by atoms with E-state index in [1.165, 1.54) is 5.56 Å². The molecule has 0 bridgehead atoms. The number of nitrogens with one attached hydrogen (secondary N) is 1. The van der Waals surface area contributed by atoms with Crippen LogP contribution in [0.2, 0.25) is 0 Å². The standard InChI is InChI=1S/C11H16IN3O2/c1-11(2,3)17-10(16)15-5-4-7-8(6-15)13-14-9(7)12/h4-6H2,1-3H3,(H,13,14). The number of ether oxygens (including phenoxy) is 1. The summed E-state index contributed by atoms with van der Waals surface area (Å²) in [6, 6.07) is 0. The molecule has 0 fully saturated rings. The van der Waals surface area contributed by atoms with Gasteiger partial charge >= 0.3 is 6.09 Å². The van der Waals surface area contributed by atoms with Gasteiger partial charge in [0.05, 0.1) is 12.2 Å². The van der Waals surface area contributed by atoms with E-state index in [0.29, 0.717) is 13.1 Å². The number of rotatable bonds is 0. The Morgan fingerprint density at radius 3 is 2.88 bits per heavy atom. The summed E-state index contributed by atoms with van der Waals surface area (Å²) in [6.45, 7) is 6.87. The summed E-state index contributed by atoms with van der Waals surface area (Å²) in [5.41, 5.74) is 1.80. The Kier molecular flexibility index (Phi) is 3.33. The summed E-state index contributed by atoms with van der Waals surface area (Å²) in [5, 5.41) is 7.12. The summed E-state index contributed by atoms with van der Waals surface area (Å²) in [4.78, 5) is 13.6. The Labute approximate surface area is 114 Å². The highest BCUT2D eigenvalue weighted by Crippen LogP contribution is 2.22. The molecule has 0 aliphatic carbocycles. The molecule has 2 rings (SSSR count). The molecule has 6 heteroatoms. The minimum absolute atomic E-state index is 0.257. The van der Waals surface area contributed by atoms with Crippen LogP contribution in [-0.4, -0.2) is 33.3 Å². The molecule has 0 aromatic carbocycles. The van der Waals surface area contributed by atoms with Crippen molar-refractivity contribution >= 4 is 28.7 Å². The van der Waals surface area contributed by atoms with E-state index in [2.05, 4.69) is 32.8 Å². The summed E-state index contributed by atoms with van der Waals surface area (Å²) in [5.74, 6) is 0. The lowest BCUT2D eigenvalue weighted by Gasteiger charge is -2.29. The van der Waals surface area contributed by atoms with E-state index in [4.69, 9.17) is 4.74 Å². The molecule has 0 atom stereocenters. The van der Waals surface area contributed by atoms with E-state index in [1.54, 1.807) is 4.90 Å². The molecule has 1 aliphatic heterocycles. The monoisotopic (exact) mass is 349 g/mol. The topological polar surface area (TPSA) is 58.2 Å². The van der Waals surface area contributed by atoms with Gasteiger partial charge in [0, 0.05) is 12.1 Å². The molecule has 1 N–H and O–H groups in total. The molecular formula is C11H16IN3O2. The number of hydrogen-bond donors (Lipinski definition) is 1. The number of H-pyrrole nitrogens is 1. The number of carbonyl (C=O) groups excluding carboxylic acids is 1. The third-order valence-electron chi connectivity index (χ3n) is 2.53. The Bertz CT molecular complexity index is 436. The fraction of sp³-hybridized carbons (Fsp3) is 0.636. The van der Waals surface area contributed by atoms with Crippen molar-refractivity contribution in [2.45, 2.75) is 39.3 Å². The summed E-state index contributed by atoms with van der Waals surface area (Å²) < 4.78 is 6.35. The second kappa shape index (κ2) is 4.47. The molecule has 0 saturated carbocycles. The van der Waals surface area contributed by atoms with Crippen molar-refractivity contribution in [3.05, 3.63) is 15.0 Å². The molecule has 1 aliphatic rings. The molecule has 1 aromatic heterocycles. The smallest absolute Gasteiger partial charge is 0.410 e. The van der Waals surface area contributed by atoms with Gasteiger partial charge in [-0.3, -0.25) is 5.10 Å². The number of nitrogens with zero attached hydrogens (tertiary/aromatic N) is 2. The van der Waals surface area contributed by atoms with Crippen LogP contribution in [0, 0.1) is 3.70 Å². The van der Waals surface area contributed by atoms with Crippen molar-refractivity contribution in [3.8, 4) is 0 Å². The number of hydrogen-bond acceptors (Lipinski definition) is 3. The zero-order valence-electron chi connectivity index (χ0n) is 10.2.